The van der Waals surface area contributed by atoms with Gasteiger partial charge in [-0.1, -0.05) is 23.8 Å². The first-order valence-corrected chi connectivity index (χ1v) is 6.46. The van der Waals surface area contributed by atoms with Crippen molar-refractivity contribution in [2.45, 2.75) is 13.8 Å². The van der Waals surface area contributed by atoms with E-state index in [4.69, 9.17) is 16.7 Å². The first-order chi connectivity index (χ1) is 9.35. The highest BCUT2D eigenvalue weighted by molar-refractivity contribution is 6.33. The second-order valence-electron chi connectivity index (χ2n) is 4.40. The minimum Gasteiger partial charge on any atom is -0.478 e. The first kappa shape index (κ1) is 16.0. The van der Waals surface area contributed by atoms with E-state index in [0.29, 0.717) is 18.8 Å². The number of rotatable bonds is 5. The third kappa shape index (κ3) is 4.28. The van der Waals surface area contributed by atoms with E-state index in [1.807, 2.05) is 13.8 Å². The van der Waals surface area contributed by atoms with Crippen LogP contribution in [0.4, 0.5) is 10.5 Å². The summed E-state index contributed by atoms with van der Waals surface area (Å²) in [7, 11) is 0. The molecule has 20 heavy (non-hydrogen) atoms. The molecular weight excluding hydrogens is 280 g/mol. The molecule has 108 valence electrons. The van der Waals surface area contributed by atoms with Crippen molar-refractivity contribution in [3.05, 3.63) is 40.9 Å². The number of likely N-dealkylation sites (N-methyl/N-ethyl adjacent to an activating group) is 1. The van der Waals surface area contributed by atoms with Crippen molar-refractivity contribution in [2.75, 3.05) is 18.4 Å². The molecule has 0 aliphatic carbocycles. The van der Waals surface area contributed by atoms with E-state index in [9.17, 15) is 9.59 Å². The summed E-state index contributed by atoms with van der Waals surface area (Å²) in [6.07, 6.45) is 0. The number of urea groups is 1. The molecule has 1 rings (SSSR count). The maximum absolute atomic E-state index is 12.0. The summed E-state index contributed by atoms with van der Waals surface area (Å²) in [5, 5.41) is 11.8. The van der Waals surface area contributed by atoms with E-state index in [-0.39, 0.29) is 16.6 Å². The molecule has 0 unspecified atom stereocenters. The van der Waals surface area contributed by atoms with E-state index < -0.39 is 5.97 Å². The largest absolute Gasteiger partial charge is 0.478 e. The standard InChI is InChI=1S/C14H17ClN2O3/c1-4-17(8-9(2)3)14(20)16-10-5-6-12(15)11(7-10)13(18)19/h5-7H,2,4,8H2,1,3H3,(H,16,20)(H,18,19). The van der Waals surface area contributed by atoms with Gasteiger partial charge in [0.15, 0.2) is 0 Å². The molecule has 0 saturated carbocycles. The summed E-state index contributed by atoms with van der Waals surface area (Å²) in [5.41, 5.74) is 1.20. The predicted molar refractivity (Wildman–Crippen MR) is 79.5 cm³/mol. The normalized spacial score (nSPS) is 9.95. The molecule has 0 saturated heterocycles. The molecule has 0 fully saturated rings. The van der Waals surface area contributed by atoms with E-state index in [1.54, 1.807) is 11.0 Å². The molecule has 1 aromatic carbocycles. The quantitative estimate of drug-likeness (QED) is 0.817. The summed E-state index contributed by atoms with van der Waals surface area (Å²) in [6, 6.07) is 4.02. The maximum Gasteiger partial charge on any atom is 0.337 e. The van der Waals surface area contributed by atoms with Gasteiger partial charge < -0.3 is 15.3 Å². The van der Waals surface area contributed by atoms with Gasteiger partial charge in [0.25, 0.3) is 0 Å². The van der Waals surface area contributed by atoms with Crippen LogP contribution in [0.15, 0.2) is 30.4 Å². The van der Waals surface area contributed by atoms with Crippen molar-refractivity contribution < 1.29 is 14.7 Å². The van der Waals surface area contributed by atoms with Crippen LogP contribution >= 0.6 is 11.6 Å². The van der Waals surface area contributed by atoms with Crippen LogP contribution in [-0.4, -0.2) is 35.1 Å². The van der Waals surface area contributed by atoms with Crippen LogP contribution in [-0.2, 0) is 0 Å². The van der Waals surface area contributed by atoms with Gasteiger partial charge in [0.1, 0.15) is 0 Å². The van der Waals surface area contributed by atoms with Crippen molar-refractivity contribution in [2.24, 2.45) is 0 Å². The monoisotopic (exact) mass is 296 g/mol. The minimum absolute atomic E-state index is 0.0487. The van der Waals surface area contributed by atoms with E-state index >= 15 is 0 Å². The molecule has 1 aromatic rings. The number of aromatic carboxylic acids is 1. The van der Waals surface area contributed by atoms with Gasteiger partial charge in [-0.3, -0.25) is 0 Å². The van der Waals surface area contributed by atoms with Crippen molar-refractivity contribution >= 4 is 29.3 Å². The van der Waals surface area contributed by atoms with Crippen LogP contribution in [0, 0.1) is 0 Å². The Balaban J connectivity index is 2.87. The average Bonchev–Trinajstić information content (AvgIpc) is 2.37. The van der Waals surface area contributed by atoms with Gasteiger partial charge in [-0.15, -0.1) is 0 Å². The Morgan fingerprint density at radius 2 is 2.10 bits per heavy atom. The number of hydrogen-bond donors (Lipinski definition) is 2. The van der Waals surface area contributed by atoms with Crippen LogP contribution in [0.5, 0.6) is 0 Å². The van der Waals surface area contributed by atoms with Gasteiger partial charge in [-0.05, 0) is 32.0 Å². The maximum atomic E-state index is 12.0. The lowest BCUT2D eigenvalue weighted by atomic mass is 10.2. The lowest BCUT2D eigenvalue weighted by Crippen LogP contribution is -2.35. The Bertz CT molecular complexity index is 543. The average molecular weight is 297 g/mol. The fourth-order valence-electron chi connectivity index (χ4n) is 1.62. The first-order valence-electron chi connectivity index (χ1n) is 6.08. The predicted octanol–water partition coefficient (Wildman–Crippen LogP) is 3.47. The van der Waals surface area contributed by atoms with E-state index in [1.165, 1.54) is 12.1 Å². The van der Waals surface area contributed by atoms with Crippen LogP contribution in [0.3, 0.4) is 0 Å². The number of anilines is 1. The van der Waals surface area contributed by atoms with Gasteiger partial charge in [0.2, 0.25) is 0 Å². The number of benzene rings is 1. The van der Waals surface area contributed by atoms with Gasteiger partial charge in [0.05, 0.1) is 10.6 Å². The second kappa shape index (κ2) is 6.96. The molecule has 2 amide bonds. The van der Waals surface area contributed by atoms with E-state index in [2.05, 4.69) is 11.9 Å². The Hall–Kier alpha value is -2.01. The van der Waals surface area contributed by atoms with Crippen LogP contribution in [0.1, 0.15) is 24.2 Å². The third-order valence-corrected chi connectivity index (χ3v) is 2.91. The summed E-state index contributed by atoms with van der Waals surface area (Å²) in [6.45, 7) is 8.42. The SMILES string of the molecule is C=C(C)CN(CC)C(=O)Nc1ccc(Cl)c(C(=O)O)c1. The number of carboxylic acids is 1. The molecule has 0 aliphatic rings. The smallest absolute Gasteiger partial charge is 0.337 e. The number of carbonyl (C=O) groups is 2. The number of amides is 2. The van der Waals surface area contributed by atoms with Gasteiger partial charge in [-0.25, -0.2) is 9.59 Å². The summed E-state index contributed by atoms with van der Waals surface area (Å²) in [5.74, 6) is -1.14. The zero-order valence-corrected chi connectivity index (χ0v) is 12.2. The van der Waals surface area contributed by atoms with Gasteiger partial charge in [-0.2, -0.15) is 0 Å². The number of hydrogen-bond acceptors (Lipinski definition) is 2. The number of carbonyl (C=O) groups excluding carboxylic acids is 1. The Kier molecular flexibility index (Phi) is 5.58. The van der Waals surface area contributed by atoms with Gasteiger partial charge in [0, 0.05) is 18.8 Å². The zero-order valence-electron chi connectivity index (χ0n) is 11.4. The third-order valence-electron chi connectivity index (χ3n) is 2.58. The molecule has 0 radical (unpaired) electrons. The fraction of sp³-hybridized carbons (Fsp3) is 0.286. The molecule has 2 N–H and O–H groups in total. The minimum atomic E-state index is -1.14. The Morgan fingerprint density at radius 3 is 2.60 bits per heavy atom. The van der Waals surface area contributed by atoms with Crippen molar-refractivity contribution in [3.63, 3.8) is 0 Å². The fourth-order valence-corrected chi connectivity index (χ4v) is 1.82. The molecule has 0 spiro atoms. The molecule has 5 nitrogen and oxygen atoms in total. The van der Waals surface area contributed by atoms with E-state index in [0.717, 1.165) is 5.57 Å². The summed E-state index contributed by atoms with van der Waals surface area (Å²) < 4.78 is 0. The highest BCUT2D eigenvalue weighted by atomic mass is 35.5. The Morgan fingerprint density at radius 1 is 1.45 bits per heavy atom. The molecule has 0 aromatic heterocycles. The number of halogens is 1. The number of nitrogens with one attached hydrogen (secondary N) is 1. The van der Waals surface area contributed by atoms with Crippen molar-refractivity contribution in [1.29, 1.82) is 0 Å². The lowest BCUT2D eigenvalue weighted by Gasteiger charge is -2.21. The zero-order chi connectivity index (χ0) is 15.3. The van der Waals surface area contributed by atoms with Gasteiger partial charge >= 0.3 is 12.0 Å². The van der Waals surface area contributed by atoms with Crippen LogP contribution < -0.4 is 5.32 Å². The summed E-state index contributed by atoms with van der Waals surface area (Å²) >= 11 is 5.77. The highest BCUT2D eigenvalue weighted by Gasteiger charge is 2.14. The lowest BCUT2D eigenvalue weighted by molar-refractivity contribution is 0.0697. The van der Waals surface area contributed by atoms with Crippen LogP contribution in [0.25, 0.3) is 0 Å². The van der Waals surface area contributed by atoms with Crippen LogP contribution in [0.2, 0.25) is 5.02 Å². The molecule has 0 heterocycles. The molecule has 0 atom stereocenters. The topological polar surface area (TPSA) is 69.6 Å². The summed E-state index contributed by atoms with van der Waals surface area (Å²) in [4.78, 5) is 24.6. The highest BCUT2D eigenvalue weighted by Crippen LogP contribution is 2.20. The molecular formula is C14H17ClN2O3. The second-order valence-corrected chi connectivity index (χ2v) is 4.81. The number of carboxylic acid groups (broad SMARTS) is 1. The number of nitrogens with zero attached hydrogens (tertiary/aromatic N) is 1. The van der Waals surface area contributed by atoms with Crippen molar-refractivity contribution in [1.82, 2.24) is 4.90 Å². The van der Waals surface area contributed by atoms with Crippen molar-refractivity contribution in [3.8, 4) is 0 Å². The Labute approximate surface area is 122 Å². The molecule has 0 bridgehead atoms. The molecule has 6 heteroatoms. The molecule has 0 aliphatic heterocycles.